The number of quaternary nitrogens is 1. The lowest BCUT2D eigenvalue weighted by Crippen LogP contribution is -3.00. The van der Waals surface area contributed by atoms with Crippen molar-refractivity contribution in [2.45, 2.75) is 18.4 Å². The molecule has 0 saturated heterocycles. The molecule has 25 heavy (non-hydrogen) atoms. The highest BCUT2D eigenvalue weighted by Crippen LogP contribution is 2.51. The molecule has 0 aliphatic heterocycles. The van der Waals surface area contributed by atoms with Crippen LogP contribution in [-0.2, 0) is 15.1 Å². The van der Waals surface area contributed by atoms with Gasteiger partial charge in [-0.05, 0) is 30.2 Å². The van der Waals surface area contributed by atoms with Gasteiger partial charge in [0.15, 0.2) is 5.60 Å². The minimum atomic E-state index is -1.56. The van der Waals surface area contributed by atoms with Crippen LogP contribution in [0.5, 0.6) is 0 Å². The van der Waals surface area contributed by atoms with Crippen molar-refractivity contribution >= 4 is 5.97 Å². The molecule has 4 atom stereocenters. The molecule has 1 aromatic rings. The van der Waals surface area contributed by atoms with Gasteiger partial charge in [0.25, 0.3) is 0 Å². The summed E-state index contributed by atoms with van der Waals surface area (Å²) in [5.74, 6) is 0.125. The number of benzene rings is 1. The first-order chi connectivity index (χ1) is 11.3. The van der Waals surface area contributed by atoms with Crippen molar-refractivity contribution in [1.82, 2.24) is 0 Å². The number of hydrogen-bond acceptors (Lipinski definition) is 3. The minimum Gasteiger partial charge on any atom is -1.00 e. The molecule has 0 aromatic heterocycles. The number of carbonyl (C=O) groups excluding carboxylic acids is 1. The number of aliphatic hydroxyl groups is 1. The number of fused-ring (bicyclic) bond motifs is 2. The summed E-state index contributed by atoms with van der Waals surface area (Å²) in [6.45, 7) is 1.03. The van der Waals surface area contributed by atoms with E-state index < -0.39 is 11.6 Å². The number of ether oxygens (including phenoxy) is 1. The lowest BCUT2D eigenvalue weighted by Gasteiger charge is -2.36. The van der Waals surface area contributed by atoms with Gasteiger partial charge in [-0.15, -0.1) is 0 Å². The Morgan fingerprint density at radius 2 is 1.88 bits per heavy atom. The lowest BCUT2D eigenvalue weighted by molar-refractivity contribution is -0.870. The van der Waals surface area contributed by atoms with Crippen LogP contribution >= 0.6 is 0 Å². The molecule has 5 heteroatoms. The van der Waals surface area contributed by atoms with Crippen LogP contribution in [0, 0.1) is 17.8 Å². The predicted molar refractivity (Wildman–Crippen MR) is 93.0 cm³/mol. The molecule has 1 aromatic carbocycles. The molecule has 0 spiro atoms. The molecule has 138 valence electrons. The summed E-state index contributed by atoms with van der Waals surface area (Å²) >= 11 is 0. The van der Waals surface area contributed by atoms with Crippen LogP contribution in [0.1, 0.15) is 18.4 Å². The molecule has 2 aliphatic rings. The third-order valence-corrected chi connectivity index (χ3v) is 5.34. The summed E-state index contributed by atoms with van der Waals surface area (Å²) in [5.41, 5.74) is -0.915. The molecule has 2 bridgehead atoms. The second kappa shape index (κ2) is 7.60. The molecule has 1 saturated carbocycles. The Hall–Kier alpha value is -1.17. The monoisotopic (exact) mass is 409 g/mol. The first-order valence-electron chi connectivity index (χ1n) is 8.74. The van der Waals surface area contributed by atoms with E-state index in [1.165, 1.54) is 0 Å². The number of esters is 1. The van der Waals surface area contributed by atoms with Gasteiger partial charge in [0.1, 0.15) is 13.2 Å². The maximum Gasteiger partial charge on any atom is 0.343 e. The van der Waals surface area contributed by atoms with E-state index in [1.54, 1.807) is 0 Å². The van der Waals surface area contributed by atoms with Gasteiger partial charge in [-0.1, -0.05) is 42.5 Å². The fourth-order valence-electron chi connectivity index (χ4n) is 3.96. The fourth-order valence-corrected chi connectivity index (χ4v) is 3.96. The molecule has 1 fully saturated rings. The Bertz CT molecular complexity index is 626. The van der Waals surface area contributed by atoms with Gasteiger partial charge in [-0.3, -0.25) is 0 Å². The van der Waals surface area contributed by atoms with E-state index in [9.17, 15) is 9.90 Å². The van der Waals surface area contributed by atoms with E-state index in [0.29, 0.717) is 29.1 Å². The average Bonchev–Trinajstić information content (AvgIpc) is 3.17. The van der Waals surface area contributed by atoms with Crippen LogP contribution < -0.4 is 17.0 Å². The molecule has 0 amide bonds. The van der Waals surface area contributed by atoms with Gasteiger partial charge < -0.3 is 31.3 Å². The molecule has 1 N–H and O–H groups in total. The number of carbonyl (C=O) groups is 1. The van der Waals surface area contributed by atoms with Crippen LogP contribution in [0.2, 0.25) is 0 Å². The SMILES string of the molecule is C[N+](C)(C)CCOC(=O)C(O)(c1ccccc1)C1CC2C=CC1C2.[Br-]. The van der Waals surface area contributed by atoms with E-state index in [4.69, 9.17) is 4.74 Å². The van der Waals surface area contributed by atoms with Crippen LogP contribution in [0.15, 0.2) is 42.5 Å². The van der Waals surface area contributed by atoms with Crippen LogP contribution in [0.3, 0.4) is 0 Å². The number of hydrogen-bond donors (Lipinski definition) is 1. The highest BCUT2D eigenvalue weighted by molar-refractivity contribution is 5.81. The number of nitrogens with zero attached hydrogens (tertiary/aromatic N) is 1. The van der Waals surface area contributed by atoms with Crippen molar-refractivity contribution in [1.29, 1.82) is 0 Å². The zero-order valence-corrected chi connectivity index (χ0v) is 16.8. The number of allylic oxidation sites excluding steroid dienone is 2. The third-order valence-electron chi connectivity index (χ3n) is 5.34. The van der Waals surface area contributed by atoms with E-state index in [0.717, 1.165) is 12.8 Å². The van der Waals surface area contributed by atoms with Crippen LogP contribution in [0.4, 0.5) is 0 Å². The molecular formula is C20H28BrNO3. The van der Waals surface area contributed by atoms with Gasteiger partial charge >= 0.3 is 5.97 Å². The van der Waals surface area contributed by atoms with Gasteiger partial charge in [-0.2, -0.15) is 0 Å². The van der Waals surface area contributed by atoms with Crippen molar-refractivity contribution < 1.29 is 36.1 Å². The smallest absolute Gasteiger partial charge is 0.343 e. The molecule has 0 radical (unpaired) electrons. The Kier molecular flexibility index (Phi) is 6.13. The van der Waals surface area contributed by atoms with E-state index in [1.807, 2.05) is 30.3 Å². The Morgan fingerprint density at radius 1 is 1.20 bits per heavy atom. The minimum absolute atomic E-state index is 0. The number of halogens is 1. The first kappa shape index (κ1) is 20.1. The molecule has 2 aliphatic carbocycles. The predicted octanol–water partition coefficient (Wildman–Crippen LogP) is -0.660. The Balaban J connectivity index is 0.00000225. The Morgan fingerprint density at radius 3 is 2.40 bits per heavy atom. The number of likely N-dealkylation sites (N-methyl/N-ethyl adjacent to an activating group) is 1. The zero-order valence-electron chi connectivity index (χ0n) is 15.2. The maximum absolute atomic E-state index is 12.9. The first-order valence-corrected chi connectivity index (χ1v) is 8.74. The summed E-state index contributed by atoms with van der Waals surface area (Å²) in [4.78, 5) is 12.9. The highest BCUT2D eigenvalue weighted by Gasteiger charge is 2.54. The summed E-state index contributed by atoms with van der Waals surface area (Å²) < 4.78 is 6.25. The third kappa shape index (κ3) is 4.15. The molecular weight excluding hydrogens is 382 g/mol. The molecule has 4 nitrogen and oxygen atoms in total. The van der Waals surface area contributed by atoms with Crippen molar-refractivity contribution in [2.75, 3.05) is 34.3 Å². The molecule has 4 unspecified atom stereocenters. The largest absolute Gasteiger partial charge is 1.00 e. The van der Waals surface area contributed by atoms with Gasteiger partial charge in [0, 0.05) is 5.92 Å². The molecule has 3 rings (SSSR count). The zero-order chi connectivity index (χ0) is 17.4. The van der Waals surface area contributed by atoms with Gasteiger partial charge in [0.05, 0.1) is 21.1 Å². The van der Waals surface area contributed by atoms with Crippen molar-refractivity contribution in [3.8, 4) is 0 Å². The van der Waals surface area contributed by atoms with Gasteiger partial charge in [0.2, 0.25) is 0 Å². The standard InChI is InChI=1S/C20H28NO3.BrH/c1-21(2,3)11-12-24-19(22)20(23,17-7-5-4-6-8-17)18-14-15-9-10-16(18)13-15;/h4-10,15-16,18,23H,11-14H2,1-3H3;1H/q+1;/p-1. The lowest BCUT2D eigenvalue weighted by atomic mass is 9.74. The van der Waals surface area contributed by atoms with E-state index in [2.05, 4.69) is 33.3 Å². The summed E-state index contributed by atoms with van der Waals surface area (Å²) in [5, 5.41) is 11.5. The topological polar surface area (TPSA) is 46.5 Å². The van der Waals surface area contributed by atoms with E-state index >= 15 is 0 Å². The summed E-state index contributed by atoms with van der Waals surface area (Å²) in [6, 6.07) is 9.28. The highest BCUT2D eigenvalue weighted by atomic mass is 79.9. The summed E-state index contributed by atoms with van der Waals surface area (Å²) in [6.07, 6.45) is 6.25. The van der Waals surface area contributed by atoms with Gasteiger partial charge in [-0.25, -0.2) is 4.79 Å². The second-order valence-electron chi connectivity index (χ2n) is 8.17. The van der Waals surface area contributed by atoms with Crippen molar-refractivity contribution in [3.63, 3.8) is 0 Å². The molecule has 0 heterocycles. The van der Waals surface area contributed by atoms with Crippen molar-refractivity contribution in [2.24, 2.45) is 17.8 Å². The maximum atomic E-state index is 12.9. The Labute approximate surface area is 160 Å². The average molecular weight is 410 g/mol. The second-order valence-corrected chi connectivity index (χ2v) is 8.17. The number of rotatable bonds is 6. The van der Waals surface area contributed by atoms with Crippen LogP contribution in [0.25, 0.3) is 0 Å². The summed E-state index contributed by atoms with van der Waals surface area (Å²) in [7, 11) is 6.16. The van der Waals surface area contributed by atoms with Crippen molar-refractivity contribution in [3.05, 3.63) is 48.0 Å². The quantitative estimate of drug-likeness (QED) is 0.385. The van der Waals surface area contributed by atoms with Crippen LogP contribution in [-0.4, -0.2) is 49.9 Å². The normalized spacial score (nSPS) is 26.8. The van der Waals surface area contributed by atoms with E-state index in [-0.39, 0.29) is 28.8 Å². The fraction of sp³-hybridized carbons (Fsp3) is 0.550.